The van der Waals surface area contributed by atoms with Gasteiger partial charge in [0.1, 0.15) is 5.00 Å². The molecule has 29 heavy (non-hydrogen) atoms. The third-order valence-corrected chi connectivity index (χ3v) is 6.78. The van der Waals surface area contributed by atoms with Crippen LogP contribution in [0.25, 0.3) is 0 Å². The van der Waals surface area contributed by atoms with Crippen LogP contribution in [0.4, 0.5) is 5.00 Å². The summed E-state index contributed by atoms with van der Waals surface area (Å²) < 4.78 is 5.01. The van der Waals surface area contributed by atoms with Gasteiger partial charge >= 0.3 is 5.97 Å². The van der Waals surface area contributed by atoms with E-state index in [1.165, 1.54) is 22.5 Å². The first-order valence-electron chi connectivity index (χ1n) is 9.15. The van der Waals surface area contributed by atoms with Gasteiger partial charge in [-0.15, -0.1) is 11.3 Å². The first kappa shape index (κ1) is 20.4. The molecule has 0 aliphatic heterocycles. The summed E-state index contributed by atoms with van der Waals surface area (Å²) in [7, 11) is 0. The Labute approximate surface area is 191 Å². The van der Waals surface area contributed by atoms with Gasteiger partial charge in [0.2, 0.25) is 0 Å². The minimum atomic E-state index is -0.438. The highest BCUT2D eigenvalue weighted by atomic mass is 127. The normalized spacial score (nSPS) is 15.4. The van der Waals surface area contributed by atoms with Gasteiger partial charge in [-0.3, -0.25) is 4.79 Å². The Hall–Kier alpha value is -1.90. The van der Waals surface area contributed by atoms with Gasteiger partial charge in [-0.05, 0) is 71.5 Å². The molecule has 4 nitrogen and oxygen atoms in total. The Morgan fingerprint density at radius 3 is 2.55 bits per heavy atom. The number of amides is 1. The lowest BCUT2D eigenvalue weighted by molar-refractivity contribution is 0.0800. The van der Waals surface area contributed by atoms with Crippen molar-refractivity contribution in [2.45, 2.75) is 25.2 Å². The van der Waals surface area contributed by atoms with E-state index >= 15 is 0 Å². The maximum atomic E-state index is 12.6. The molecular weight excluding hydrogens is 521 g/mol. The Kier molecular flexibility index (Phi) is 6.22. The molecule has 7 heteroatoms. The molecule has 1 aromatic heterocycles. The van der Waals surface area contributed by atoms with Gasteiger partial charge in [0.15, 0.2) is 23.0 Å². The summed E-state index contributed by atoms with van der Waals surface area (Å²) in [6.07, 6.45) is 2.81. The molecule has 0 saturated heterocycles. The van der Waals surface area contributed by atoms with E-state index in [1.807, 2.05) is 11.4 Å². The molecule has 1 aliphatic rings. The van der Waals surface area contributed by atoms with E-state index in [0.29, 0.717) is 21.2 Å². The molecule has 3 aromatic rings. The van der Waals surface area contributed by atoms with E-state index in [-0.39, 0.29) is 11.8 Å². The number of carbonyl (C=O) groups excluding carboxylic acids is 2. The predicted octanol–water partition coefficient (Wildman–Crippen LogP) is 6.43. The molecule has 1 heterocycles. The molecule has 1 unspecified atom stereocenters. The molecule has 1 amide bonds. The number of carbonyl (C=O) groups is 2. The maximum Gasteiger partial charge on any atom is 0.350 e. The molecule has 0 spiro atoms. The largest absolute Gasteiger partial charge is 0.391 e. The number of anilines is 1. The average molecular weight is 538 g/mol. The van der Waals surface area contributed by atoms with Gasteiger partial charge in [0.25, 0.3) is 5.91 Å². The van der Waals surface area contributed by atoms with E-state index in [9.17, 15) is 9.59 Å². The Balaban J connectivity index is 1.63. The second-order valence-electron chi connectivity index (χ2n) is 6.93. The molecule has 1 aliphatic carbocycles. The molecule has 1 N–H and O–H groups in total. The predicted molar refractivity (Wildman–Crippen MR) is 124 cm³/mol. The fraction of sp³-hybridized carbons (Fsp3) is 0.182. The zero-order valence-electron chi connectivity index (χ0n) is 15.3. The minimum absolute atomic E-state index is 0.216. The fourth-order valence-corrected chi connectivity index (χ4v) is 5.12. The van der Waals surface area contributed by atoms with E-state index < -0.39 is 5.97 Å². The summed E-state index contributed by atoms with van der Waals surface area (Å²) in [5.74, 6) is -0.508. The van der Waals surface area contributed by atoms with Gasteiger partial charge in [-0.1, -0.05) is 35.9 Å². The second kappa shape index (κ2) is 8.85. The lowest BCUT2D eigenvalue weighted by atomic mass is 9.80. The summed E-state index contributed by atoms with van der Waals surface area (Å²) in [5.41, 5.74) is 4.56. The number of rotatable bonds is 4. The third kappa shape index (κ3) is 4.34. The number of benzene rings is 2. The van der Waals surface area contributed by atoms with E-state index in [2.05, 4.69) is 23.5 Å². The van der Waals surface area contributed by atoms with Crippen molar-refractivity contribution in [2.24, 2.45) is 0 Å². The molecule has 4 rings (SSSR count). The molecule has 0 bridgehead atoms. The Morgan fingerprint density at radius 2 is 1.83 bits per heavy atom. The third-order valence-electron chi connectivity index (χ3n) is 5.21. The molecule has 0 radical (unpaired) electrons. The summed E-state index contributed by atoms with van der Waals surface area (Å²) in [6.45, 7) is 0. The quantitative estimate of drug-likeness (QED) is 0.390. The molecule has 0 fully saturated rings. The van der Waals surface area contributed by atoms with Crippen LogP contribution < -0.4 is 5.32 Å². The average Bonchev–Trinajstić information content (AvgIpc) is 3.16. The molecular formula is C22H17ClINO3S. The molecule has 148 valence electrons. The monoisotopic (exact) mass is 537 g/mol. The van der Waals surface area contributed by atoms with Crippen LogP contribution in [0.5, 0.6) is 0 Å². The number of thiophene rings is 1. The van der Waals surface area contributed by atoms with Gasteiger partial charge in [0.05, 0.1) is 5.56 Å². The van der Waals surface area contributed by atoms with Crippen molar-refractivity contribution in [3.05, 3.63) is 86.8 Å². The number of halogens is 2. The van der Waals surface area contributed by atoms with Gasteiger partial charge in [-0.25, -0.2) is 4.79 Å². The molecule has 2 aromatic carbocycles. The fourth-order valence-electron chi connectivity index (χ4n) is 3.75. The topological polar surface area (TPSA) is 55.4 Å². The standard InChI is InChI=1S/C22H17ClINO3S/c23-17-9-7-14(8-10-17)20(26)25-21-19(22(27)28-24)18(12-29-21)16-6-5-13-3-1-2-4-15(13)11-16/h1-4,7-10,12,16H,5-6,11H2,(H,25,26). The van der Waals surface area contributed by atoms with Crippen LogP contribution in [0, 0.1) is 0 Å². The lowest BCUT2D eigenvalue weighted by Gasteiger charge is -2.25. The highest BCUT2D eigenvalue weighted by Gasteiger charge is 2.29. The van der Waals surface area contributed by atoms with Crippen LogP contribution in [-0.4, -0.2) is 11.9 Å². The highest BCUT2D eigenvalue weighted by molar-refractivity contribution is 14.1. The van der Waals surface area contributed by atoms with E-state index in [0.717, 1.165) is 24.8 Å². The van der Waals surface area contributed by atoms with E-state index in [4.69, 9.17) is 14.7 Å². The first-order chi connectivity index (χ1) is 14.1. The van der Waals surface area contributed by atoms with Crippen LogP contribution >= 0.6 is 45.9 Å². The summed E-state index contributed by atoms with van der Waals surface area (Å²) >= 11 is 8.85. The highest BCUT2D eigenvalue weighted by Crippen LogP contribution is 2.40. The SMILES string of the molecule is O=C(Nc1scc(C2CCc3ccccc3C2)c1C(=O)OI)c1ccc(Cl)cc1. The van der Waals surface area contributed by atoms with Gasteiger partial charge in [0, 0.05) is 10.6 Å². The van der Waals surface area contributed by atoms with Crippen molar-refractivity contribution in [2.75, 3.05) is 5.32 Å². The zero-order chi connectivity index (χ0) is 20.4. The van der Waals surface area contributed by atoms with Crippen LogP contribution in [0.3, 0.4) is 0 Å². The minimum Gasteiger partial charge on any atom is -0.391 e. The van der Waals surface area contributed by atoms with Gasteiger partial charge in [-0.2, -0.15) is 0 Å². The molecule has 1 atom stereocenters. The van der Waals surface area contributed by atoms with Crippen LogP contribution in [0.15, 0.2) is 53.9 Å². The van der Waals surface area contributed by atoms with Gasteiger partial charge < -0.3 is 8.38 Å². The smallest absolute Gasteiger partial charge is 0.350 e. The first-order valence-corrected chi connectivity index (χ1v) is 11.3. The number of aryl methyl sites for hydroxylation is 1. The van der Waals surface area contributed by atoms with Crippen LogP contribution in [0.2, 0.25) is 5.02 Å². The summed E-state index contributed by atoms with van der Waals surface area (Å²) in [4.78, 5) is 25.2. The van der Waals surface area contributed by atoms with Crippen molar-refractivity contribution in [1.82, 2.24) is 0 Å². The van der Waals surface area contributed by atoms with Crippen molar-refractivity contribution in [1.29, 1.82) is 0 Å². The Morgan fingerprint density at radius 1 is 1.10 bits per heavy atom. The summed E-state index contributed by atoms with van der Waals surface area (Å²) in [5, 5.41) is 5.92. The van der Waals surface area contributed by atoms with E-state index in [1.54, 1.807) is 47.3 Å². The van der Waals surface area contributed by atoms with Crippen molar-refractivity contribution in [3.8, 4) is 0 Å². The van der Waals surface area contributed by atoms with Crippen LogP contribution in [0.1, 0.15) is 49.7 Å². The van der Waals surface area contributed by atoms with Crippen LogP contribution in [-0.2, 0) is 15.9 Å². The number of nitrogens with one attached hydrogen (secondary N) is 1. The summed E-state index contributed by atoms with van der Waals surface area (Å²) in [6, 6.07) is 15.1. The van der Waals surface area contributed by atoms with Crippen molar-refractivity contribution >= 4 is 62.8 Å². The number of hydrogen-bond acceptors (Lipinski definition) is 4. The zero-order valence-corrected chi connectivity index (χ0v) is 19.0. The Bertz CT molecular complexity index is 1060. The maximum absolute atomic E-state index is 12.6. The van der Waals surface area contributed by atoms with Crippen molar-refractivity contribution in [3.63, 3.8) is 0 Å². The second-order valence-corrected chi connectivity index (χ2v) is 8.69. The lowest BCUT2D eigenvalue weighted by Crippen LogP contribution is -2.17. The molecule has 0 saturated carbocycles. The number of hydrogen-bond donors (Lipinski definition) is 1. The van der Waals surface area contributed by atoms with Crippen molar-refractivity contribution < 1.29 is 12.7 Å². The number of fused-ring (bicyclic) bond motifs is 1.